The Hall–Kier alpha value is -0.830. The molecule has 12 heavy (non-hydrogen) atoms. The fourth-order valence-corrected chi connectivity index (χ4v) is 0.964. The van der Waals surface area contributed by atoms with E-state index in [0.29, 0.717) is 0 Å². The van der Waals surface area contributed by atoms with Crippen molar-refractivity contribution >= 4 is 5.97 Å². The monoisotopic (exact) mass is 172 g/mol. The summed E-state index contributed by atoms with van der Waals surface area (Å²) in [5.74, 6) is -0.214. The van der Waals surface area contributed by atoms with E-state index in [1.165, 1.54) is 7.11 Å². The molecule has 0 amide bonds. The van der Waals surface area contributed by atoms with Crippen LogP contribution in [0.1, 0.15) is 25.7 Å². The van der Waals surface area contributed by atoms with Crippen molar-refractivity contribution in [3.8, 4) is 0 Å². The largest absolute Gasteiger partial charge is 0.465 e. The fraction of sp³-hybridized carbons (Fsp3) is 0.667. The van der Waals surface area contributed by atoms with E-state index in [0.717, 1.165) is 25.7 Å². The Kier molecular flexibility index (Phi) is 6.38. The van der Waals surface area contributed by atoms with E-state index in [-0.39, 0.29) is 12.0 Å². The van der Waals surface area contributed by atoms with E-state index in [2.05, 4.69) is 17.0 Å². The number of methoxy groups -OCH3 is 1. The molecule has 0 fully saturated rings. The lowest BCUT2D eigenvalue weighted by molar-refractivity contribution is -0.409. The number of rotatable bonds is 6. The number of quaternary nitrogens is 1. The van der Waals surface area contributed by atoms with Gasteiger partial charge in [-0.2, -0.15) is 0 Å². The summed E-state index contributed by atoms with van der Waals surface area (Å²) in [7, 11) is 1.39. The average Bonchev–Trinajstić information content (AvgIpc) is 2.10. The van der Waals surface area contributed by atoms with Crippen LogP contribution in [0.4, 0.5) is 0 Å². The second-order valence-electron chi connectivity index (χ2n) is 2.79. The van der Waals surface area contributed by atoms with E-state index < -0.39 is 0 Å². The summed E-state index contributed by atoms with van der Waals surface area (Å²) >= 11 is 0. The summed E-state index contributed by atoms with van der Waals surface area (Å²) in [5, 5.41) is 0. The lowest BCUT2D eigenvalue weighted by Gasteiger charge is -2.04. The molecular weight excluding hydrogens is 154 g/mol. The van der Waals surface area contributed by atoms with Crippen LogP contribution in [-0.2, 0) is 9.53 Å². The number of ether oxygens (including phenoxy) is 1. The zero-order valence-corrected chi connectivity index (χ0v) is 7.71. The van der Waals surface area contributed by atoms with Crippen molar-refractivity contribution in [3.05, 3.63) is 12.7 Å². The van der Waals surface area contributed by atoms with Gasteiger partial charge in [-0.1, -0.05) is 6.08 Å². The standard InChI is InChI=1S/C9H17NO2/c1-3-4-5-6-7-8(10)9(11)12-2/h3,8H,1,4-7,10H2,2H3/p+1/t8-/m0/s1. The predicted molar refractivity (Wildman–Crippen MR) is 47.4 cm³/mol. The molecule has 0 aliphatic carbocycles. The molecule has 0 spiro atoms. The lowest BCUT2D eigenvalue weighted by atomic mass is 10.1. The molecule has 0 aliphatic rings. The van der Waals surface area contributed by atoms with E-state index in [9.17, 15) is 4.79 Å². The van der Waals surface area contributed by atoms with Gasteiger partial charge < -0.3 is 10.5 Å². The molecule has 0 rings (SSSR count). The third kappa shape index (κ3) is 4.91. The van der Waals surface area contributed by atoms with Gasteiger partial charge in [0.05, 0.1) is 7.11 Å². The lowest BCUT2D eigenvalue weighted by Crippen LogP contribution is -2.65. The first kappa shape index (κ1) is 11.2. The minimum atomic E-state index is -0.214. The smallest absolute Gasteiger partial charge is 0.364 e. The third-order valence-electron chi connectivity index (χ3n) is 1.75. The number of esters is 1. The Labute approximate surface area is 73.6 Å². The molecule has 0 saturated heterocycles. The average molecular weight is 172 g/mol. The van der Waals surface area contributed by atoms with Crippen molar-refractivity contribution in [2.45, 2.75) is 31.7 Å². The van der Waals surface area contributed by atoms with Gasteiger partial charge in [-0.3, -0.25) is 0 Å². The molecule has 0 aromatic heterocycles. The highest BCUT2D eigenvalue weighted by Gasteiger charge is 2.15. The first-order valence-electron chi connectivity index (χ1n) is 4.24. The van der Waals surface area contributed by atoms with Crippen LogP contribution in [0.2, 0.25) is 0 Å². The SMILES string of the molecule is C=CCCCC[C@H]([NH3+])C(=O)OC. The van der Waals surface area contributed by atoms with E-state index in [1.807, 2.05) is 6.08 Å². The number of hydrogen-bond donors (Lipinski definition) is 1. The number of carbonyl (C=O) groups excluding carboxylic acids is 1. The summed E-state index contributed by atoms with van der Waals surface area (Å²) < 4.78 is 4.55. The maximum Gasteiger partial charge on any atom is 0.364 e. The molecule has 0 aromatic carbocycles. The molecule has 0 saturated carbocycles. The molecule has 0 aromatic rings. The highest BCUT2D eigenvalue weighted by Crippen LogP contribution is 2.02. The molecular formula is C9H18NO2+. The molecule has 70 valence electrons. The van der Waals surface area contributed by atoms with Crippen molar-refractivity contribution in [2.75, 3.05) is 7.11 Å². The van der Waals surface area contributed by atoms with Crippen molar-refractivity contribution in [1.29, 1.82) is 0 Å². The number of unbranched alkanes of at least 4 members (excludes halogenated alkanes) is 2. The molecule has 0 radical (unpaired) electrons. The quantitative estimate of drug-likeness (QED) is 0.361. The first-order valence-corrected chi connectivity index (χ1v) is 4.24. The third-order valence-corrected chi connectivity index (χ3v) is 1.75. The van der Waals surface area contributed by atoms with Crippen LogP contribution in [0, 0.1) is 0 Å². The van der Waals surface area contributed by atoms with Crippen LogP contribution in [0.15, 0.2) is 12.7 Å². The van der Waals surface area contributed by atoms with Crippen molar-refractivity contribution in [2.24, 2.45) is 0 Å². The molecule has 0 aliphatic heterocycles. The summed E-state index contributed by atoms with van der Waals surface area (Å²) in [6.45, 7) is 3.62. The number of carbonyl (C=O) groups is 1. The molecule has 3 nitrogen and oxygen atoms in total. The van der Waals surface area contributed by atoms with Gasteiger partial charge in [0.1, 0.15) is 0 Å². The normalized spacial score (nSPS) is 12.2. The Morgan fingerprint density at radius 1 is 1.67 bits per heavy atom. The van der Waals surface area contributed by atoms with Crippen molar-refractivity contribution in [3.63, 3.8) is 0 Å². The van der Waals surface area contributed by atoms with Crippen LogP contribution in [0.25, 0.3) is 0 Å². The Morgan fingerprint density at radius 2 is 2.33 bits per heavy atom. The highest BCUT2D eigenvalue weighted by atomic mass is 16.5. The van der Waals surface area contributed by atoms with Crippen LogP contribution in [-0.4, -0.2) is 19.1 Å². The molecule has 0 heterocycles. The topological polar surface area (TPSA) is 53.9 Å². The van der Waals surface area contributed by atoms with Gasteiger partial charge in [-0.15, -0.1) is 6.58 Å². The molecule has 3 heteroatoms. The summed E-state index contributed by atoms with van der Waals surface area (Å²) in [5.41, 5.74) is 3.71. The Morgan fingerprint density at radius 3 is 2.83 bits per heavy atom. The van der Waals surface area contributed by atoms with Crippen molar-refractivity contribution < 1.29 is 15.3 Å². The maximum absolute atomic E-state index is 10.9. The highest BCUT2D eigenvalue weighted by molar-refractivity contribution is 5.73. The fourth-order valence-electron chi connectivity index (χ4n) is 0.964. The Balaban J connectivity index is 3.36. The van der Waals surface area contributed by atoms with Gasteiger partial charge in [0.25, 0.3) is 0 Å². The zero-order valence-electron chi connectivity index (χ0n) is 7.71. The van der Waals surface area contributed by atoms with Gasteiger partial charge in [-0.05, 0) is 19.3 Å². The predicted octanol–water partition coefficient (Wildman–Crippen LogP) is 0.516. The van der Waals surface area contributed by atoms with Gasteiger partial charge in [0, 0.05) is 6.42 Å². The van der Waals surface area contributed by atoms with E-state index in [4.69, 9.17) is 0 Å². The van der Waals surface area contributed by atoms with Gasteiger partial charge in [0.2, 0.25) is 0 Å². The summed E-state index contributed by atoms with van der Waals surface area (Å²) in [4.78, 5) is 10.9. The van der Waals surface area contributed by atoms with Crippen molar-refractivity contribution in [1.82, 2.24) is 0 Å². The van der Waals surface area contributed by atoms with E-state index >= 15 is 0 Å². The minimum Gasteiger partial charge on any atom is -0.465 e. The van der Waals surface area contributed by atoms with Crippen LogP contribution >= 0.6 is 0 Å². The minimum absolute atomic E-state index is 0.209. The number of hydrogen-bond acceptors (Lipinski definition) is 2. The number of allylic oxidation sites excluding steroid dienone is 1. The van der Waals surface area contributed by atoms with Crippen LogP contribution < -0.4 is 5.73 Å². The van der Waals surface area contributed by atoms with Crippen LogP contribution in [0.3, 0.4) is 0 Å². The summed E-state index contributed by atoms with van der Waals surface area (Å²) in [6.07, 6.45) is 5.78. The Bertz CT molecular complexity index is 145. The molecule has 3 N–H and O–H groups in total. The molecule has 0 unspecified atom stereocenters. The van der Waals surface area contributed by atoms with Gasteiger partial charge >= 0.3 is 5.97 Å². The summed E-state index contributed by atoms with van der Waals surface area (Å²) in [6, 6.07) is -0.209. The van der Waals surface area contributed by atoms with Gasteiger partial charge in [-0.25, -0.2) is 4.79 Å². The second-order valence-corrected chi connectivity index (χ2v) is 2.79. The molecule has 1 atom stereocenters. The maximum atomic E-state index is 10.9. The van der Waals surface area contributed by atoms with E-state index in [1.54, 1.807) is 0 Å². The van der Waals surface area contributed by atoms with Gasteiger partial charge in [0.15, 0.2) is 6.04 Å². The first-order chi connectivity index (χ1) is 5.72. The zero-order chi connectivity index (χ0) is 9.40. The van der Waals surface area contributed by atoms with Crippen LogP contribution in [0.5, 0.6) is 0 Å². The second kappa shape index (κ2) is 6.85. The molecule has 0 bridgehead atoms.